The number of hydrogen-bond donors (Lipinski definition) is 1. The first-order valence-electron chi connectivity index (χ1n) is 7.67. The SMILES string of the molecule is N#Cc1ccccc1C[C@@H]1COCC[C@H]1S(=O)(=O)NC1CC1. The Balaban J connectivity index is 1.79. The van der Waals surface area contributed by atoms with Gasteiger partial charge in [-0.3, -0.25) is 0 Å². The molecule has 22 heavy (non-hydrogen) atoms. The van der Waals surface area contributed by atoms with Gasteiger partial charge in [-0.2, -0.15) is 5.26 Å². The third-order valence-electron chi connectivity index (χ3n) is 4.33. The van der Waals surface area contributed by atoms with Crippen molar-refractivity contribution in [3.63, 3.8) is 0 Å². The number of hydrogen-bond acceptors (Lipinski definition) is 4. The van der Waals surface area contributed by atoms with Gasteiger partial charge in [-0.05, 0) is 37.3 Å². The van der Waals surface area contributed by atoms with Crippen LogP contribution in [0.2, 0.25) is 0 Å². The molecule has 2 fully saturated rings. The molecule has 1 saturated carbocycles. The van der Waals surface area contributed by atoms with E-state index in [9.17, 15) is 13.7 Å². The molecule has 118 valence electrons. The van der Waals surface area contributed by atoms with E-state index in [1.165, 1.54) is 0 Å². The molecule has 6 heteroatoms. The summed E-state index contributed by atoms with van der Waals surface area (Å²) < 4.78 is 33.4. The van der Waals surface area contributed by atoms with Crippen LogP contribution in [0.3, 0.4) is 0 Å². The molecule has 0 radical (unpaired) electrons. The number of benzene rings is 1. The van der Waals surface area contributed by atoms with E-state index in [0.29, 0.717) is 31.6 Å². The van der Waals surface area contributed by atoms with E-state index in [0.717, 1.165) is 18.4 Å². The highest BCUT2D eigenvalue weighted by Gasteiger charge is 2.39. The topological polar surface area (TPSA) is 79.2 Å². The summed E-state index contributed by atoms with van der Waals surface area (Å²) in [6.45, 7) is 0.905. The highest BCUT2D eigenvalue weighted by molar-refractivity contribution is 7.90. The van der Waals surface area contributed by atoms with Gasteiger partial charge in [0.15, 0.2) is 0 Å². The fraction of sp³-hybridized carbons (Fsp3) is 0.562. The van der Waals surface area contributed by atoms with Gasteiger partial charge >= 0.3 is 0 Å². The molecule has 1 N–H and O–H groups in total. The van der Waals surface area contributed by atoms with Gasteiger partial charge < -0.3 is 4.74 Å². The second kappa shape index (κ2) is 6.37. The van der Waals surface area contributed by atoms with Crippen LogP contribution >= 0.6 is 0 Å². The van der Waals surface area contributed by atoms with Crippen molar-refractivity contribution in [2.75, 3.05) is 13.2 Å². The summed E-state index contributed by atoms with van der Waals surface area (Å²) in [6, 6.07) is 9.67. The minimum Gasteiger partial charge on any atom is -0.381 e. The molecule has 0 spiro atoms. The van der Waals surface area contributed by atoms with Crippen molar-refractivity contribution >= 4 is 10.0 Å². The van der Waals surface area contributed by atoms with Gasteiger partial charge in [0.1, 0.15) is 0 Å². The van der Waals surface area contributed by atoms with Crippen LogP contribution < -0.4 is 4.72 Å². The van der Waals surface area contributed by atoms with Crippen LogP contribution in [0.15, 0.2) is 24.3 Å². The smallest absolute Gasteiger partial charge is 0.215 e. The molecule has 1 saturated heterocycles. The molecule has 1 heterocycles. The second-order valence-electron chi connectivity index (χ2n) is 6.07. The van der Waals surface area contributed by atoms with Crippen molar-refractivity contribution < 1.29 is 13.2 Å². The summed E-state index contributed by atoms with van der Waals surface area (Å²) in [4.78, 5) is 0. The predicted molar refractivity (Wildman–Crippen MR) is 82.7 cm³/mol. The van der Waals surface area contributed by atoms with Gasteiger partial charge in [0.05, 0.1) is 23.5 Å². The molecular weight excluding hydrogens is 300 g/mol. The molecule has 2 atom stereocenters. The van der Waals surface area contributed by atoms with E-state index in [4.69, 9.17) is 4.74 Å². The number of nitrogens with zero attached hydrogens (tertiary/aromatic N) is 1. The van der Waals surface area contributed by atoms with E-state index in [1.54, 1.807) is 6.07 Å². The van der Waals surface area contributed by atoms with Crippen LogP contribution in [0.5, 0.6) is 0 Å². The zero-order chi connectivity index (χ0) is 15.6. The molecule has 3 rings (SSSR count). The highest BCUT2D eigenvalue weighted by atomic mass is 32.2. The Morgan fingerprint density at radius 1 is 1.27 bits per heavy atom. The van der Waals surface area contributed by atoms with E-state index in [1.807, 2.05) is 18.2 Å². The molecule has 0 aromatic heterocycles. The van der Waals surface area contributed by atoms with Gasteiger partial charge in [-0.1, -0.05) is 18.2 Å². The lowest BCUT2D eigenvalue weighted by Crippen LogP contribution is -2.45. The lowest BCUT2D eigenvalue weighted by atomic mass is 9.91. The van der Waals surface area contributed by atoms with Crippen LogP contribution in [-0.2, 0) is 21.2 Å². The molecule has 0 unspecified atom stereocenters. The van der Waals surface area contributed by atoms with Gasteiger partial charge in [0.2, 0.25) is 10.0 Å². The first-order valence-corrected chi connectivity index (χ1v) is 9.21. The van der Waals surface area contributed by atoms with Crippen molar-refractivity contribution in [1.82, 2.24) is 4.72 Å². The Kier molecular flexibility index (Phi) is 4.48. The molecule has 1 aromatic carbocycles. The zero-order valence-corrected chi connectivity index (χ0v) is 13.2. The lowest BCUT2D eigenvalue weighted by Gasteiger charge is -2.31. The summed E-state index contributed by atoms with van der Waals surface area (Å²) in [5, 5.41) is 8.75. The van der Waals surface area contributed by atoms with Crippen molar-refractivity contribution in [1.29, 1.82) is 5.26 Å². The minimum absolute atomic E-state index is 0.112. The van der Waals surface area contributed by atoms with Gasteiger partial charge in [0, 0.05) is 18.6 Å². The summed E-state index contributed by atoms with van der Waals surface area (Å²) in [7, 11) is -3.32. The van der Waals surface area contributed by atoms with Crippen molar-refractivity contribution in [3.8, 4) is 6.07 Å². The van der Waals surface area contributed by atoms with E-state index >= 15 is 0 Å². The monoisotopic (exact) mass is 320 g/mol. The van der Waals surface area contributed by atoms with Gasteiger partial charge in [-0.15, -0.1) is 0 Å². The largest absolute Gasteiger partial charge is 0.381 e. The Bertz CT molecular complexity index is 677. The van der Waals surface area contributed by atoms with Crippen LogP contribution in [0.1, 0.15) is 30.4 Å². The highest BCUT2D eigenvalue weighted by Crippen LogP contribution is 2.28. The summed E-state index contributed by atoms with van der Waals surface area (Å²) in [5.41, 5.74) is 1.51. The molecule has 1 aliphatic heterocycles. The summed E-state index contributed by atoms with van der Waals surface area (Å²) in [5.74, 6) is -0.112. The van der Waals surface area contributed by atoms with E-state index < -0.39 is 15.3 Å². The van der Waals surface area contributed by atoms with Crippen LogP contribution in [0, 0.1) is 17.2 Å². The minimum atomic E-state index is -3.32. The zero-order valence-electron chi connectivity index (χ0n) is 12.4. The van der Waals surface area contributed by atoms with Crippen molar-refractivity contribution in [2.24, 2.45) is 5.92 Å². The molecule has 0 bridgehead atoms. The maximum atomic E-state index is 12.6. The fourth-order valence-electron chi connectivity index (χ4n) is 2.99. The fourth-order valence-corrected chi connectivity index (χ4v) is 4.95. The summed E-state index contributed by atoms with van der Waals surface area (Å²) >= 11 is 0. The number of nitrogens with one attached hydrogen (secondary N) is 1. The van der Waals surface area contributed by atoms with Crippen molar-refractivity contribution in [2.45, 2.75) is 37.0 Å². The first-order chi connectivity index (χ1) is 10.6. The van der Waals surface area contributed by atoms with Crippen LogP contribution in [-0.4, -0.2) is 32.9 Å². The number of rotatable bonds is 5. The van der Waals surface area contributed by atoms with Crippen LogP contribution in [0.25, 0.3) is 0 Å². The third kappa shape index (κ3) is 3.49. The Morgan fingerprint density at radius 2 is 2.05 bits per heavy atom. The van der Waals surface area contributed by atoms with Gasteiger partial charge in [-0.25, -0.2) is 13.1 Å². The van der Waals surface area contributed by atoms with Crippen molar-refractivity contribution in [3.05, 3.63) is 35.4 Å². The maximum absolute atomic E-state index is 12.6. The predicted octanol–water partition coefficient (Wildman–Crippen LogP) is 1.59. The molecule has 1 aromatic rings. The van der Waals surface area contributed by atoms with Crippen LogP contribution in [0.4, 0.5) is 0 Å². The van der Waals surface area contributed by atoms with Gasteiger partial charge in [0.25, 0.3) is 0 Å². The molecular formula is C16H20N2O3S. The van der Waals surface area contributed by atoms with E-state index in [2.05, 4.69) is 10.8 Å². The lowest BCUT2D eigenvalue weighted by molar-refractivity contribution is 0.0570. The Labute approximate surface area is 131 Å². The summed E-state index contributed by atoms with van der Waals surface area (Å²) in [6.07, 6.45) is 2.94. The Hall–Kier alpha value is -1.42. The van der Waals surface area contributed by atoms with E-state index in [-0.39, 0.29) is 12.0 Å². The molecule has 2 aliphatic rings. The average molecular weight is 320 g/mol. The molecule has 5 nitrogen and oxygen atoms in total. The maximum Gasteiger partial charge on any atom is 0.215 e. The third-order valence-corrected chi connectivity index (χ3v) is 6.41. The number of ether oxygens (including phenoxy) is 1. The molecule has 0 amide bonds. The molecule has 1 aliphatic carbocycles. The first kappa shape index (κ1) is 15.5. The number of nitriles is 1. The number of sulfonamides is 1. The average Bonchev–Trinajstić information content (AvgIpc) is 3.31. The second-order valence-corrected chi connectivity index (χ2v) is 8.00. The normalized spacial score (nSPS) is 25.6. The standard InChI is InChI=1S/C16H20N2O3S/c17-10-13-4-2-1-3-12(13)9-14-11-21-8-7-16(14)22(19,20)18-15-5-6-15/h1-4,14-16,18H,5-9,11H2/t14-,16-/m1/s1. The Morgan fingerprint density at radius 3 is 2.77 bits per heavy atom. The quantitative estimate of drug-likeness (QED) is 0.893.